The van der Waals surface area contributed by atoms with Gasteiger partial charge in [-0.2, -0.15) is 0 Å². The average molecular weight is 251 g/mol. The van der Waals surface area contributed by atoms with Gasteiger partial charge >= 0.3 is 5.97 Å². The lowest BCUT2D eigenvalue weighted by Crippen LogP contribution is -2.34. The molecule has 1 unspecified atom stereocenters. The van der Waals surface area contributed by atoms with Crippen molar-refractivity contribution in [2.75, 3.05) is 32.1 Å². The third-order valence-corrected chi connectivity index (χ3v) is 4.22. The smallest absolute Gasteiger partial charge is 0.322 e. The van der Waals surface area contributed by atoms with Crippen LogP contribution in [-0.4, -0.2) is 55.9 Å². The van der Waals surface area contributed by atoms with Crippen molar-refractivity contribution in [1.29, 1.82) is 0 Å². The first kappa shape index (κ1) is 13.4. The van der Waals surface area contributed by atoms with E-state index in [4.69, 9.17) is 5.11 Å². The van der Waals surface area contributed by atoms with Gasteiger partial charge in [0.2, 0.25) is 10.0 Å². The van der Waals surface area contributed by atoms with Gasteiger partial charge in [-0.05, 0) is 19.3 Å². The number of hydrogen-bond donors (Lipinski definition) is 1. The van der Waals surface area contributed by atoms with Gasteiger partial charge in [-0.15, -0.1) is 0 Å². The second-order valence-corrected chi connectivity index (χ2v) is 5.73. The Labute approximate surface area is 95.2 Å². The average Bonchev–Trinajstić information content (AvgIpc) is 2.65. The molecule has 1 aliphatic rings. The number of aliphatic hydroxyl groups excluding tert-OH is 1. The Morgan fingerprint density at radius 1 is 1.56 bits per heavy atom. The van der Waals surface area contributed by atoms with E-state index in [0.29, 0.717) is 13.0 Å². The number of hydrogen-bond acceptors (Lipinski definition) is 5. The molecule has 0 aromatic carbocycles. The van der Waals surface area contributed by atoms with Crippen molar-refractivity contribution in [2.45, 2.75) is 13.3 Å². The van der Waals surface area contributed by atoms with E-state index >= 15 is 0 Å². The van der Waals surface area contributed by atoms with E-state index < -0.39 is 21.7 Å². The minimum Gasteiger partial charge on any atom is -0.465 e. The molecule has 1 heterocycles. The summed E-state index contributed by atoms with van der Waals surface area (Å²) in [7, 11) is -3.58. The van der Waals surface area contributed by atoms with Crippen LogP contribution in [0.4, 0.5) is 0 Å². The molecule has 0 saturated carbocycles. The molecule has 1 fully saturated rings. The van der Waals surface area contributed by atoms with Gasteiger partial charge < -0.3 is 9.84 Å². The van der Waals surface area contributed by atoms with Crippen LogP contribution in [0, 0.1) is 5.92 Å². The van der Waals surface area contributed by atoms with Gasteiger partial charge in [0.1, 0.15) is 0 Å². The van der Waals surface area contributed by atoms with Crippen molar-refractivity contribution in [2.24, 2.45) is 5.92 Å². The largest absolute Gasteiger partial charge is 0.465 e. The number of sulfonamides is 1. The van der Waals surface area contributed by atoms with E-state index in [2.05, 4.69) is 4.74 Å². The van der Waals surface area contributed by atoms with Gasteiger partial charge in [-0.3, -0.25) is 4.79 Å². The van der Waals surface area contributed by atoms with Crippen molar-refractivity contribution in [3.05, 3.63) is 0 Å². The molecule has 0 aliphatic carbocycles. The number of ether oxygens (including phenoxy) is 1. The second-order valence-electron chi connectivity index (χ2n) is 3.76. The Balaban J connectivity index is 2.55. The molecule has 0 aromatic heterocycles. The van der Waals surface area contributed by atoms with Gasteiger partial charge in [-0.25, -0.2) is 12.7 Å². The number of nitrogens with zero attached hydrogens (tertiary/aromatic N) is 1. The quantitative estimate of drug-likeness (QED) is 0.646. The van der Waals surface area contributed by atoms with Crippen LogP contribution in [0.1, 0.15) is 13.3 Å². The molecule has 1 aliphatic heterocycles. The van der Waals surface area contributed by atoms with Gasteiger partial charge in [0.25, 0.3) is 0 Å². The Kier molecular flexibility index (Phi) is 4.69. The first-order valence-electron chi connectivity index (χ1n) is 5.24. The molecule has 94 valence electrons. The molecular weight excluding hydrogens is 234 g/mol. The molecule has 0 radical (unpaired) electrons. The summed E-state index contributed by atoms with van der Waals surface area (Å²) in [5.41, 5.74) is 0. The zero-order valence-electron chi connectivity index (χ0n) is 9.26. The van der Waals surface area contributed by atoms with Crippen molar-refractivity contribution >= 4 is 16.0 Å². The lowest BCUT2D eigenvalue weighted by Gasteiger charge is -2.15. The second kappa shape index (κ2) is 5.60. The maximum absolute atomic E-state index is 11.7. The summed E-state index contributed by atoms with van der Waals surface area (Å²) in [5.74, 6) is -1.36. The highest BCUT2D eigenvalue weighted by molar-refractivity contribution is 7.89. The fraction of sp³-hybridized carbons (Fsp3) is 0.889. The number of rotatable bonds is 5. The third-order valence-electron chi connectivity index (χ3n) is 2.51. The van der Waals surface area contributed by atoms with Crippen LogP contribution >= 0.6 is 0 Å². The van der Waals surface area contributed by atoms with Crippen LogP contribution in [0.3, 0.4) is 0 Å². The fourth-order valence-corrected chi connectivity index (χ4v) is 3.03. The van der Waals surface area contributed by atoms with E-state index in [0.717, 1.165) is 0 Å². The molecule has 0 aromatic rings. The Morgan fingerprint density at radius 2 is 2.25 bits per heavy atom. The first-order chi connectivity index (χ1) is 7.49. The maximum atomic E-state index is 11.7. The van der Waals surface area contributed by atoms with Gasteiger partial charge in [-0.1, -0.05) is 0 Å². The minimum atomic E-state index is -3.58. The predicted octanol–water partition coefficient (Wildman–Crippen LogP) is -0.806. The van der Waals surface area contributed by atoms with E-state index in [1.165, 1.54) is 4.31 Å². The number of esters is 1. The van der Waals surface area contributed by atoms with Crippen LogP contribution in [0.5, 0.6) is 0 Å². The summed E-state index contributed by atoms with van der Waals surface area (Å²) in [6.07, 6.45) is 0.637. The van der Waals surface area contributed by atoms with Crippen LogP contribution < -0.4 is 0 Å². The van der Waals surface area contributed by atoms with Crippen LogP contribution in [0.15, 0.2) is 0 Å². The van der Waals surface area contributed by atoms with Gasteiger partial charge in [0.05, 0.1) is 6.61 Å². The zero-order chi connectivity index (χ0) is 12.2. The molecule has 1 atom stereocenters. The first-order valence-corrected chi connectivity index (χ1v) is 6.84. The summed E-state index contributed by atoms with van der Waals surface area (Å²) in [5, 5.41) is 8.90. The summed E-state index contributed by atoms with van der Waals surface area (Å²) in [6, 6.07) is 0. The molecule has 0 spiro atoms. The van der Waals surface area contributed by atoms with Crippen molar-refractivity contribution < 1.29 is 23.1 Å². The Hall–Kier alpha value is -0.660. The van der Waals surface area contributed by atoms with Gasteiger partial charge in [0.15, 0.2) is 5.75 Å². The molecular formula is C9H17NO5S. The molecule has 1 saturated heterocycles. The predicted molar refractivity (Wildman–Crippen MR) is 57.2 cm³/mol. The lowest BCUT2D eigenvalue weighted by atomic mass is 10.1. The van der Waals surface area contributed by atoms with Gasteiger partial charge in [0, 0.05) is 19.7 Å². The summed E-state index contributed by atoms with van der Waals surface area (Å²) < 4.78 is 29.3. The van der Waals surface area contributed by atoms with Crippen LogP contribution in [0.25, 0.3) is 0 Å². The molecule has 0 bridgehead atoms. The highest BCUT2D eigenvalue weighted by Crippen LogP contribution is 2.19. The molecule has 6 nitrogen and oxygen atoms in total. The van der Waals surface area contributed by atoms with Crippen LogP contribution in [0.2, 0.25) is 0 Å². The fourth-order valence-electron chi connectivity index (χ4n) is 1.64. The maximum Gasteiger partial charge on any atom is 0.322 e. The van der Waals surface area contributed by atoms with Crippen molar-refractivity contribution in [3.8, 4) is 0 Å². The number of carbonyl (C=O) groups is 1. The Morgan fingerprint density at radius 3 is 2.75 bits per heavy atom. The van der Waals surface area contributed by atoms with E-state index in [9.17, 15) is 13.2 Å². The number of aliphatic hydroxyl groups is 1. The standard InChI is InChI=1S/C9H17NO5S/c1-2-15-9(12)7-16(13,14)10-4-3-8(5-10)6-11/h8,11H,2-7H2,1H3. The van der Waals surface area contributed by atoms with Crippen molar-refractivity contribution in [1.82, 2.24) is 4.31 Å². The van der Waals surface area contributed by atoms with Crippen molar-refractivity contribution in [3.63, 3.8) is 0 Å². The normalized spacial score (nSPS) is 22.2. The summed E-state index contributed by atoms with van der Waals surface area (Å²) in [6.45, 7) is 2.44. The molecule has 0 amide bonds. The van der Waals surface area contributed by atoms with E-state index in [-0.39, 0.29) is 25.7 Å². The monoisotopic (exact) mass is 251 g/mol. The molecule has 1 rings (SSSR count). The topological polar surface area (TPSA) is 83.9 Å². The molecule has 16 heavy (non-hydrogen) atoms. The third kappa shape index (κ3) is 3.43. The highest BCUT2D eigenvalue weighted by atomic mass is 32.2. The van der Waals surface area contributed by atoms with Crippen LogP contribution in [-0.2, 0) is 19.6 Å². The zero-order valence-corrected chi connectivity index (χ0v) is 10.1. The SMILES string of the molecule is CCOC(=O)CS(=O)(=O)N1CCC(CO)C1. The minimum absolute atomic E-state index is 0.0167. The highest BCUT2D eigenvalue weighted by Gasteiger charge is 2.32. The lowest BCUT2D eigenvalue weighted by molar-refractivity contribution is -0.140. The molecule has 1 N–H and O–H groups in total. The Bertz CT molecular complexity index is 340. The van der Waals surface area contributed by atoms with E-state index in [1.54, 1.807) is 6.92 Å². The summed E-state index contributed by atoms with van der Waals surface area (Å²) >= 11 is 0. The number of carbonyl (C=O) groups excluding carboxylic acids is 1. The van der Waals surface area contributed by atoms with E-state index in [1.807, 2.05) is 0 Å². The molecule has 7 heteroatoms. The summed E-state index contributed by atoms with van der Waals surface area (Å²) in [4.78, 5) is 11.1.